The van der Waals surface area contributed by atoms with E-state index in [1.807, 2.05) is 24.3 Å². The highest BCUT2D eigenvalue weighted by atomic mass is 32.2. The van der Waals surface area contributed by atoms with Crippen LogP contribution in [0, 0.1) is 0 Å². The summed E-state index contributed by atoms with van der Waals surface area (Å²) < 4.78 is 37.1. The van der Waals surface area contributed by atoms with E-state index in [-0.39, 0.29) is 9.79 Å². The molecule has 0 saturated heterocycles. The average Bonchev–Trinajstić information content (AvgIpc) is 3.17. The van der Waals surface area contributed by atoms with Crippen LogP contribution in [0.15, 0.2) is 93.3 Å². The molecule has 0 fully saturated rings. The van der Waals surface area contributed by atoms with Gasteiger partial charge in [-0.2, -0.15) is 0 Å². The molecule has 1 aromatic heterocycles. The van der Waals surface area contributed by atoms with Crippen molar-refractivity contribution in [1.29, 1.82) is 0 Å². The SMILES string of the molecule is COc1ccc(S(=O)(=O)c2ccccc2)cc1C(N)c1occ2ccccc12. The summed E-state index contributed by atoms with van der Waals surface area (Å²) in [5.74, 6) is 1.06. The van der Waals surface area contributed by atoms with Gasteiger partial charge in [-0.3, -0.25) is 0 Å². The maximum absolute atomic E-state index is 13.0. The lowest BCUT2D eigenvalue weighted by Gasteiger charge is -2.16. The number of sulfone groups is 1. The van der Waals surface area contributed by atoms with Gasteiger partial charge >= 0.3 is 0 Å². The molecule has 0 radical (unpaired) electrons. The second kappa shape index (κ2) is 7.14. The lowest BCUT2D eigenvalue weighted by Crippen LogP contribution is -2.14. The van der Waals surface area contributed by atoms with E-state index in [0.29, 0.717) is 17.1 Å². The van der Waals surface area contributed by atoms with Crippen LogP contribution >= 0.6 is 0 Å². The Bertz CT molecular complexity index is 1230. The highest BCUT2D eigenvalue weighted by Gasteiger charge is 2.24. The quantitative estimate of drug-likeness (QED) is 0.546. The molecule has 5 nitrogen and oxygen atoms in total. The van der Waals surface area contributed by atoms with Gasteiger partial charge in [-0.1, -0.05) is 42.5 Å². The molecule has 28 heavy (non-hydrogen) atoms. The third-order valence-electron chi connectivity index (χ3n) is 4.72. The summed E-state index contributed by atoms with van der Waals surface area (Å²) in [7, 11) is -2.15. The minimum absolute atomic E-state index is 0.154. The monoisotopic (exact) mass is 393 g/mol. The van der Waals surface area contributed by atoms with Gasteiger partial charge in [0.15, 0.2) is 0 Å². The van der Waals surface area contributed by atoms with E-state index in [9.17, 15) is 8.42 Å². The van der Waals surface area contributed by atoms with E-state index in [2.05, 4.69) is 0 Å². The van der Waals surface area contributed by atoms with E-state index < -0.39 is 15.9 Å². The minimum atomic E-state index is -3.67. The first-order chi connectivity index (χ1) is 13.5. The number of ether oxygens (including phenoxy) is 1. The molecule has 4 aromatic rings. The summed E-state index contributed by atoms with van der Waals surface area (Å²) in [4.78, 5) is 0.379. The van der Waals surface area contributed by atoms with E-state index in [0.717, 1.165) is 10.8 Å². The van der Waals surface area contributed by atoms with Crippen LogP contribution in [0.4, 0.5) is 0 Å². The zero-order chi connectivity index (χ0) is 19.7. The predicted molar refractivity (Wildman–Crippen MR) is 107 cm³/mol. The Hall–Kier alpha value is -3.09. The molecule has 3 aromatic carbocycles. The average molecular weight is 393 g/mol. The number of fused-ring (bicyclic) bond motifs is 1. The summed E-state index contributed by atoms with van der Waals surface area (Å²) in [5.41, 5.74) is 7.03. The lowest BCUT2D eigenvalue weighted by molar-refractivity contribution is 0.403. The third-order valence-corrected chi connectivity index (χ3v) is 6.49. The first kappa shape index (κ1) is 18.3. The molecule has 1 heterocycles. The fourth-order valence-corrected chi connectivity index (χ4v) is 4.57. The molecule has 4 rings (SSSR count). The van der Waals surface area contributed by atoms with Crippen molar-refractivity contribution in [2.24, 2.45) is 5.73 Å². The molecule has 0 saturated carbocycles. The van der Waals surface area contributed by atoms with Crippen molar-refractivity contribution in [1.82, 2.24) is 0 Å². The van der Waals surface area contributed by atoms with Crippen LogP contribution in [0.5, 0.6) is 5.75 Å². The predicted octanol–water partition coefficient (Wildman–Crippen LogP) is 4.32. The van der Waals surface area contributed by atoms with Crippen LogP contribution in [0.3, 0.4) is 0 Å². The largest absolute Gasteiger partial charge is 0.496 e. The molecule has 1 unspecified atom stereocenters. The fraction of sp³-hybridized carbons (Fsp3) is 0.0909. The smallest absolute Gasteiger partial charge is 0.206 e. The normalized spacial score (nSPS) is 12.8. The second-order valence-corrected chi connectivity index (χ2v) is 8.33. The topological polar surface area (TPSA) is 82.5 Å². The van der Waals surface area contributed by atoms with E-state index in [4.69, 9.17) is 14.9 Å². The van der Waals surface area contributed by atoms with Crippen LogP contribution in [-0.2, 0) is 9.84 Å². The zero-order valence-corrected chi connectivity index (χ0v) is 16.0. The number of nitrogens with two attached hydrogens (primary N) is 1. The summed E-state index contributed by atoms with van der Waals surface area (Å²) in [5, 5.41) is 1.81. The Balaban J connectivity index is 1.84. The van der Waals surface area contributed by atoms with Crippen molar-refractivity contribution < 1.29 is 17.6 Å². The van der Waals surface area contributed by atoms with Crippen molar-refractivity contribution >= 4 is 20.6 Å². The van der Waals surface area contributed by atoms with Gasteiger partial charge in [-0.25, -0.2) is 8.42 Å². The van der Waals surface area contributed by atoms with Gasteiger partial charge < -0.3 is 14.9 Å². The van der Waals surface area contributed by atoms with Crippen LogP contribution in [-0.4, -0.2) is 15.5 Å². The van der Waals surface area contributed by atoms with Crippen molar-refractivity contribution in [3.63, 3.8) is 0 Å². The van der Waals surface area contributed by atoms with Crippen molar-refractivity contribution in [3.05, 3.63) is 90.4 Å². The number of rotatable bonds is 5. The van der Waals surface area contributed by atoms with Crippen molar-refractivity contribution in [3.8, 4) is 5.75 Å². The molecule has 0 aliphatic carbocycles. The molecule has 6 heteroatoms. The van der Waals surface area contributed by atoms with E-state index >= 15 is 0 Å². The Labute approximate surface area is 163 Å². The number of methoxy groups -OCH3 is 1. The minimum Gasteiger partial charge on any atom is -0.496 e. The Kier molecular flexibility index (Phi) is 4.66. The Morgan fingerprint density at radius 2 is 1.64 bits per heavy atom. The molecule has 0 aliphatic heterocycles. The Morgan fingerprint density at radius 1 is 0.929 bits per heavy atom. The molecule has 0 amide bonds. The van der Waals surface area contributed by atoms with Crippen molar-refractivity contribution in [2.45, 2.75) is 15.8 Å². The first-order valence-corrected chi connectivity index (χ1v) is 10.2. The molecule has 2 N–H and O–H groups in total. The van der Waals surface area contributed by atoms with Crippen LogP contribution in [0.25, 0.3) is 10.8 Å². The van der Waals surface area contributed by atoms with Gasteiger partial charge in [0.25, 0.3) is 0 Å². The van der Waals surface area contributed by atoms with Gasteiger partial charge in [0.1, 0.15) is 11.5 Å². The van der Waals surface area contributed by atoms with Crippen molar-refractivity contribution in [2.75, 3.05) is 7.11 Å². The number of benzene rings is 3. The van der Waals surface area contributed by atoms with Gasteiger partial charge in [-0.05, 0) is 30.3 Å². The van der Waals surface area contributed by atoms with Crippen LogP contribution in [0.2, 0.25) is 0 Å². The summed E-state index contributed by atoms with van der Waals surface area (Å²) >= 11 is 0. The molecule has 142 valence electrons. The van der Waals surface area contributed by atoms with Gasteiger partial charge in [-0.15, -0.1) is 0 Å². The van der Waals surface area contributed by atoms with Gasteiger partial charge in [0.05, 0.1) is 29.2 Å². The van der Waals surface area contributed by atoms with E-state index in [1.54, 1.807) is 48.7 Å². The first-order valence-electron chi connectivity index (χ1n) is 8.72. The summed E-state index contributed by atoms with van der Waals surface area (Å²) in [6, 6.07) is 20.0. The molecule has 0 spiro atoms. The Morgan fingerprint density at radius 3 is 2.39 bits per heavy atom. The number of hydrogen-bond donors (Lipinski definition) is 1. The van der Waals surface area contributed by atoms with Gasteiger partial charge in [0.2, 0.25) is 9.84 Å². The lowest BCUT2D eigenvalue weighted by atomic mass is 10.0. The summed E-state index contributed by atoms with van der Waals surface area (Å²) in [6.45, 7) is 0. The highest BCUT2D eigenvalue weighted by molar-refractivity contribution is 7.91. The molecule has 0 bridgehead atoms. The number of furan rings is 1. The standard InChI is InChI=1S/C22H19NO4S/c1-26-20-12-11-17(28(24,25)16-8-3-2-4-9-16)13-19(20)21(23)22-18-10-6-5-7-15(18)14-27-22/h2-14,21H,23H2,1H3. The molecular formula is C22H19NO4S. The van der Waals surface area contributed by atoms with Crippen LogP contribution in [0.1, 0.15) is 17.4 Å². The van der Waals surface area contributed by atoms with Crippen LogP contribution < -0.4 is 10.5 Å². The second-order valence-electron chi connectivity index (χ2n) is 6.39. The zero-order valence-electron chi connectivity index (χ0n) is 15.2. The number of hydrogen-bond acceptors (Lipinski definition) is 5. The molecule has 1 atom stereocenters. The highest BCUT2D eigenvalue weighted by Crippen LogP contribution is 2.35. The fourth-order valence-electron chi connectivity index (χ4n) is 3.26. The summed E-state index contributed by atoms with van der Waals surface area (Å²) in [6.07, 6.45) is 1.64. The third kappa shape index (κ3) is 3.06. The van der Waals surface area contributed by atoms with E-state index in [1.165, 1.54) is 13.2 Å². The molecule has 0 aliphatic rings. The maximum atomic E-state index is 13.0. The molecular weight excluding hydrogens is 374 g/mol. The van der Waals surface area contributed by atoms with Gasteiger partial charge in [0, 0.05) is 16.3 Å². The maximum Gasteiger partial charge on any atom is 0.206 e.